The van der Waals surface area contributed by atoms with Crippen molar-refractivity contribution in [3.63, 3.8) is 0 Å². The third kappa shape index (κ3) is 4.10. The largest absolute Gasteiger partial charge is 0.460 e. The van der Waals surface area contributed by atoms with E-state index in [1.807, 2.05) is 6.92 Å². The van der Waals surface area contributed by atoms with Gasteiger partial charge >= 0.3 is 5.97 Å². The Hall–Kier alpha value is -1.43. The van der Waals surface area contributed by atoms with Gasteiger partial charge in [0.2, 0.25) is 5.82 Å². The molecule has 0 spiro atoms. The fourth-order valence-corrected chi connectivity index (χ4v) is 1.57. The molecule has 0 unspecified atom stereocenters. The quantitative estimate of drug-likeness (QED) is 0.521. The van der Waals surface area contributed by atoms with Gasteiger partial charge in [0, 0.05) is 19.8 Å². The molecule has 0 atom stereocenters. The maximum atomic E-state index is 11.6. The predicted molar refractivity (Wildman–Crippen MR) is 66.4 cm³/mol. The van der Waals surface area contributed by atoms with Gasteiger partial charge < -0.3 is 14.0 Å². The lowest BCUT2D eigenvalue weighted by Gasteiger charge is -2.08. The summed E-state index contributed by atoms with van der Waals surface area (Å²) < 4.78 is 12.1. The van der Waals surface area contributed by atoms with Gasteiger partial charge in [0.05, 0.1) is 6.61 Å². The zero-order valence-corrected chi connectivity index (χ0v) is 11.3. The number of rotatable bonds is 8. The Kier molecular flexibility index (Phi) is 6.35. The van der Waals surface area contributed by atoms with Crippen molar-refractivity contribution in [3.8, 4) is 0 Å². The van der Waals surface area contributed by atoms with Gasteiger partial charge in [-0.1, -0.05) is 6.92 Å². The Morgan fingerprint density at radius 3 is 2.72 bits per heavy atom. The molecule has 1 aromatic rings. The van der Waals surface area contributed by atoms with E-state index in [1.54, 1.807) is 11.5 Å². The van der Waals surface area contributed by atoms with E-state index in [-0.39, 0.29) is 5.82 Å². The molecule has 0 saturated carbocycles. The van der Waals surface area contributed by atoms with Crippen LogP contribution >= 0.6 is 0 Å². The van der Waals surface area contributed by atoms with Crippen molar-refractivity contribution in [2.75, 3.05) is 19.8 Å². The first-order chi connectivity index (χ1) is 8.70. The fraction of sp³-hybridized carbons (Fsp3) is 0.750. The molecule has 0 amide bonds. The van der Waals surface area contributed by atoms with Gasteiger partial charge in [-0.15, -0.1) is 10.2 Å². The molecule has 0 aliphatic carbocycles. The zero-order chi connectivity index (χ0) is 13.4. The van der Waals surface area contributed by atoms with Gasteiger partial charge in [-0.05, 0) is 26.7 Å². The molecule has 1 aromatic heterocycles. The molecule has 0 N–H and O–H groups in total. The van der Waals surface area contributed by atoms with Crippen LogP contribution in [0.5, 0.6) is 0 Å². The van der Waals surface area contributed by atoms with E-state index < -0.39 is 5.97 Å². The number of ether oxygens (including phenoxy) is 2. The molecule has 0 saturated heterocycles. The van der Waals surface area contributed by atoms with Gasteiger partial charge in [0.1, 0.15) is 5.82 Å². The van der Waals surface area contributed by atoms with E-state index in [0.717, 1.165) is 19.4 Å². The van der Waals surface area contributed by atoms with Crippen molar-refractivity contribution in [2.24, 2.45) is 0 Å². The molecule has 0 radical (unpaired) electrons. The van der Waals surface area contributed by atoms with Crippen molar-refractivity contribution in [3.05, 3.63) is 11.6 Å². The van der Waals surface area contributed by atoms with Crippen molar-refractivity contribution in [1.29, 1.82) is 0 Å². The van der Waals surface area contributed by atoms with Crippen molar-refractivity contribution < 1.29 is 14.3 Å². The van der Waals surface area contributed by atoms with E-state index in [0.29, 0.717) is 25.6 Å². The minimum Gasteiger partial charge on any atom is -0.460 e. The van der Waals surface area contributed by atoms with Crippen LogP contribution in [0.15, 0.2) is 0 Å². The molecule has 6 nitrogen and oxygen atoms in total. The molecule has 0 aliphatic rings. The van der Waals surface area contributed by atoms with E-state index in [9.17, 15) is 4.79 Å². The Morgan fingerprint density at radius 1 is 1.28 bits per heavy atom. The monoisotopic (exact) mass is 255 g/mol. The summed E-state index contributed by atoms with van der Waals surface area (Å²) in [5, 5.41) is 7.75. The highest BCUT2D eigenvalue weighted by molar-refractivity contribution is 5.85. The first kappa shape index (κ1) is 14.6. The van der Waals surface area contributed by atoms with Crippen LogP contribution < -0.4 is 0 Å². The average molecular weight is 255 g/mol. The number of carbonyl (C=O) groups is 1. The van der Waals surface area contributed by atoms with Crippen LogP contribution in [0.2, 0.25) is 0 Å². The lowest BCUT2D eigenvalue weighted by Crippen LogP contribution is -2.15. The molecule has 6 heteroatoms. The van der Waals surface area contributed by atoms with Crippen LogP contribution in [-0.4, -0.2) is 40.6 Å². The number of hydrogen-bond acceptors (Lipinski definition) is 5. The summed E-state index contributed by atoms with van der Waals surface area (Å²) in [7, 11) is 0. The highest BCUT2D eigenvalue weighted by Crippen LogP contribution is 2.05. The van der Waals surface area contributed by atoms with Gasteiger partial charge in [0.25, 0.3) is 0 Å². The Morgan fingerprint density at radius 2 is 2.06 bits per heavy atom. The second-order valence-corrected chi connectivity index (χ2v) is 3.91. The normalized spacial score (nSPS) is 10.6. The zero-order valence-electron chi connectivity index (χ0n) is 11.3. The van der Waals surface area contributed by atoms with Crippen LogP contribution in [0, 0.1) is 6.92 Å². The summed E-state index contributed by atoms with van der Waals surface area (Å²) in [6.45, 7) is 8.11. The SMILES string of the molecule is CCCOCCCn1c(C)nnc1C(=O)OCC. The lowest BCUT2D eigenvalue weighted by atomic mass is 10.4. The molecule has 0 fully saturated rings. The van der Waals surface area contributed by atoms with E-state index >= 15 is 0 Å². The van der Waals surface area contributed by atoms with Gasteiger partial charge in [0.15, 0.2) is 0 Å². The standard InChI is InChI=1S/C12H21N3O3/c1-4-8-17-9-6-7-15-10(3)13-14-11(15)12(16)18-5-2/h4-9H2,1-3H3. The van der Waals surface area contributed by atoms with Crippen LogP contribution in [0.1, 0.15) is 43.1 Å². The molecule has 0 aromatic carbocycles. The minimum atomic E-state index is -0.424. The van der Waals surface area contributed by atoms with Crippen LogP contribution in [0.3, 0.4) is 0 Å². The van der Waals surface area contributed by atoms with E-state index in [1.165, 1.54) is 0 Å². The molecular formula is C12H21N3O3. The molecule has 102 valence electrons. The van der Waals surface area contributed by atoms with Crippen LogP contribution in [-0.2, 0) is 16.0 Å². The molecule has 1 rings (SSSR count). The third-order valence-electron chi connectivity index (χ3n) is 2.41. The maximum absolute atomic E-state index is 11.6. The number of aromatic nitrogens is 3. The summed E-state index contributed by atoms with van der Waals surface area (Å²) in [6, 6.07) is 0. The third-order valence-corrected chi connectivity index (χ3v) is 2.41. The minimum absolute atomic E-state index is 0.268. The number of nitrogens with zero attached hydrogens (tertiary/aromatic N) is 3. The predicted octanol–water partition coefficient (Wildman–Crippen LogP) is 1.58. The van der Waals surface area contributed by atoms with E-state index in [4.69, 9.17) is 9.47 Å². The topological polar surface area (TPSA) is 66.2 Å². The summed E-state index contributed by atoms with van der Waals surface area (Å²) in [4.78, 5) is 11.6. The highest BCUT2D eigenvalue weighted by atomic mass is 16.5. The summed E-state index contributed by atoms with van der Waals surface area (Å²) in [5.41, 5.74) is 0. The molecule has 0 aliphatic heterocycles. The highest BCUT2D eigenvalue weighted by Gasteiger charge is 2.17. The van der Waals surface area contributed by atoms with Crippen molar-refractivity contribution in [2.45, 2.75) is 40.2 Å². The molecular weight excluding hydrogens is 234 g/mol. The van der Waals surface area contributed by atoms with Crippen molar-refractivity contribution >= 4 is 5.97 Å². The Bertz CT molecular complexity index is 377. The smallest absolute Gasteiger partial charge is 0.376 e. The summed E-state index contributed by atoms with van der Waals surface area (Å²) >= 11 is 0. The molecule has 18 heavy (non-hydrogen) atoms. The second-order valence-electron chi connectivity index (χ2n) is 3.91. The Labute approximate surface area is 107 Å². The average Bonchev–Trinajstić information content (AvgIpc) is 2.71. The fourth-order valence-electron chi connectivity index (χ4n) is 1.57. The number of hydrogen-bond donors (Lipinski definition) is 0. The first-order valence-electron chi connectivity index (χ1n) is 6.35. The van der Waals surface area contributed by atoms with E-state index in [2.05, 4.69) is 17.1 Å². The van der Waals surface area contributed by atoms with Gasteiger partial charge in [-0.2, -0.15) is 0 Å². The van der Waals surface area contributed by atoms with Gasteiger partial charge in [-0.25, -0.2) is 4.79 Å². The Balaban J connectivity index is 2.53. The number of carbonyl (C=O) groups excluding carboxylic acids is 1. The lowest BCUT2D eigenvalue weighted by molar-refractivity contribution is 0.0504. The van der Waals surface area contributed by atoms with Gasteiger partial charge in [-0.3, -0.25) is 0 Å². The summed E-state index contributed by atoms with van der Waals surface area (Å²) in [5.74, 6) is 0.561. The van der Waals surface area contributed by atoms with Crippen molar-refractivity contribution in [1.82, 2.24) is 14.8 Å². The maximum Gasteiger partial charge on any atom is 0.376 e. The molecule has 0 bridgehead atoms. The second kappa shape index (κ2) is 7.81. The first-order valence-corrected chi connectivity index (χ1v) is 6.35. The van der Waals surface area contributed by atoms with Crippen LogP contribution in [0.25, 0.3) is 0 Å². The summed E-state index contributed by atoms with van der Waals surface area (Å²) in [6.07, 6.45) is 1.84. The number of esters is 1. The van der Waals surface area contributed by atoms with Crippen LogP contribution in [0.4, 0.5) is 0 Å². The molecule has 1 heterocycles. The number of aryl methyl sites for hydroxylation is 1.